The van der Waals surface area contributed by atoms with Crippen molar-refractivity contribution in [1.29, 1.82) is 0 Å². The third-order valence-electron chi connectivity index (χ3n) is 5.42. The van der Waals surface area contributed by atoms with Gasteiger partial charge in [-0.1, -0.05) is 23.7 Å². The summed E-state index contributed by atoms with van der Waals surface area (Å²) < 4.78 is 48.7. The summed E-state index contributed by atoms with van der Waals surface area (Å²) >= 11 is 5.90. The molecule has 10 heteroatoms. The predicted octanol–water partition coefficient (Wildman–Crippen LogP) is 3.50. The minimum absolute atomic E-state index is 0.00270. The topological polar surface area (TPSA) is 76.5 Å². The van der Waals surface area contributed by atoms with Crippen molar-refractivity contribution >= 4 is 27.3 Å². The summed E-state index contributed by atoms with van der Waals surface area (Å²) in [6, 6.07) is 13.5. The van der Waals surface area contributed by atoms with E-state index in [0.29, 0.717) is 18.2 Å². The molecule has 1 aliphatic heterocycles. The number of aryl methyl sites for hydroxylation is 1. The molecular formula is C22H24ClFN4O3S. The zero-order chi connectivity index (χ0) is 22.7. The van der Waals surface area contributed by atoms with Gasteiger partial charge in [-0.3, -0.25) is 0 Å². The van der Waals surface area contributed by atoms with Crippen LogP contribution in [0.1, 0.15) is 11.5 Å². The molecule has 0 radical (unpaired) electrons. The molecule has 1 saturated heterocycles. The summed E-state index contributed by atoms with van der Waals surface area (Å²) in [4.78, 5) is 4.01. The van der Waals surface area contributed by atoms with Crippen LogP contribution in [0.15, 0.2) is 66.1 Å². The molecule has 1 aromatic heterocycles. The number of sulfonamides is 1. The average molecular weight is 479 g/mol. The molecule has 2 atom stereocenters. The lowest BCUT2D eigenvalue weighted by Gasteiger charge is -2.19. The van der Waals surface area contributed by atoms with E-state index >= 15 is 0 Å². The first-order chi connectivity index (χ1) is 15.3. The molecule has 0 amide bonds. The number of anilines is 1. The summed E-state index contributed by atoms with van der Waals surface area (Å²) in [6.45, 7) is 1.35. The average Bonchev–Trinajstić information content (AvgIpc) is 3.40. The van der Waals surface area contributed by atoms with E-state index in [2.05, 4.69) is 10.3 Å². The Hall–Kier alpha value is -2.46. The number of aromatic nitrogens is 2. The van der Waals surface area contributed by atoms with Crippen LogP contribution in [0.2, 0.25) is 5.02 Å². The van der Waals surface area contributed by atoms with Gasteiger partial charge in [0.25, 0.3) is 10.0 Å². The Balaban J connectivity index is 1.46. The van der Waals surface area contributed by atoms with E-state index in [4.69, 9.17) is 16.3 Å². The van der Waals surface area contributed by atoms with E-state index in [-0.39, 0.29) is 36.0 Å². The van der Waals surface area contributed by atoms with Crippen LogP contribution < -0.4 is 5.32 Å². The molecule has 7 nitrogen and oxygen atoms in total. The maximum absolute atomic E-state index is 13.4. The van der Waals surface area contributed by atoms with Crippen LogP contribution in [0.4, 0.5) is 10.1 Å². The summed E-state index contributed by atoms with van der Waals surface area (Å²) in [7, 11) is -2.04. The number of halogens is 2. The monoisotopic (exact) mass is 478 g/mol. The van der Waals surface area contributed by atoms with E-state index in [0.717, 1.165) is 11.3 Å². The maximum Gasteiger partial charge on any atom is 0.262 e. The molecule has 1 aliphatic rings. The lowest BCUT2D eigenvalue weighted by Crippen LogP contribution is -2.31. The highest BCUT2D eigenvalue weighted by atomic mass is 35.5. The highest BCUT2D eigenvalue weighted by Crippen LogP contribution is 2.33. The van der Waals surface area contributed by atoms with E-state index in [1.165, 1.54) is 29.0 Å². The normalized spacial score (nSPS) is 19.3. The Labute approximate surface area is 191 Å². The van der Waals surface area contributed by atoms with E-state index < -0.39 is 10.0 Å². The van der Waals surface area contributed by atoms with Crippen molar-refractivity contribution in [3.63, 3.8) is 0 Å². The molecule has 0 saturated carbocycles. The molecular weight excluding hydrogens is 455 g/mol. The zero-order valence-corrected chi connectivity index (χ0v) is 19.1. The van der Waals surface area contributed by atoms with Crippen LogP contribution >= 0.6 is 11.6 Å². The lowest BCUT2D eigenvalue weighted by atomic mass is 9.96. The van der Waals surface area contributed by atoms with Crippen LogP contribution in [0.25, 0.3) is 0 Å². The van der Waals surface area contributed by atoms with Crippen LogP contribution in [-0.4, -0.2) is 54.6 Å². The van der Waals surface area contributed by atoms with Crippen molar-refractivity contribution in [2.75, 3.05) is 31.6 Å². The molecule has 3 aromatic rings. The van der Waals surface area contributed by atoms with E-state index in [9.17, 15) is 12.8 Å². The first-order valence-corrected chi connectivity index (χ1v) is 12.0. The van der Waals surface area contributed by atoms with Gasteiger partial charge in [0.1, 0.15) is 5.82 Å². The van der Waals surface area contributed by atoms with Gasteiger partial charge in [-0.2, -0.15) is 4.31 Å². The highest BCUT2D eigenvalue weighted by Gasteiger charge is 2.41. The number of nitrogens with one attached hydrogen (secondary N) is 1. The van der Waals surface area contributed by atoms with Crippen molar-refractivity contribution < 1.29 is 17.5 Å². The number of hydrogen-bond donors (Lipinski definition) is 1. The minimum Gasteiger partial charge on any atom is -0.383 e. The lowest BCUT2D eigenvalue weighted by molar-refractivity contribution is 0.0604. The second kappa shape index (κ2) is 9.58. The molecule has 1 N–H and O–H groups in total. The number of rotatable bonds is 8. The Bertz CT molecular complexity index is 1150. The van der Waals surface area contributed by atoms with Crippen molar-refractivity contribution in [3.8, 4) is 0 Å². The summed E-state index contributed by atoms with van der Waals surface area (Å²) in [6.07, 6.45) is 2.56. The standard InChI is InChI=1S/C22H24ClFN4O3S/c1-27-14-22(26-15-27)32(29,30)28-12-20(16-2-6-18(24)7-3-16)21(13-28)31-11-10-25-19-8-4-17(23)5-9-19/h2-9,14-15,20-21,25H,10-13H2,1H3/t20-,21+/m1/s1. The van der Waals surface area contributed by atoms with Crippen molar-refractivity contribution in [2.24, 2.45) is 7.05 Å². The number of benzene rings is 2. The van der Waals surface area contributed by atoms with E-state index in [1.807, 2.05) is 12.1 Å². The van der Waals surface area contributed by atoms with Gasteiger partial charge in [-0.05, 0) is 42.0 Å². The number of ether oxygens (including phenoxy) is 1. The molecule has 1 fully saturated rings. The van der Waals surface area contributed by atoms with Gasteiger partial charge >= 0.3 is 0 Å². The highest BCUT2D eigenvalue weighted by molar-refractivity contribution is 7.89. The summed E-state index contributed by atoms with van der Waals surface area (Å²) in [5.41, 5.74) is 1.75. The third-order valence-corrected chi connectivity index (χ3v) is 7.39. The third kappa shape index (κ3) is 5.12. The number of nitrogens with zero attached hydrogens (tertiary/aromatic N) is 3. The first-order valence-electron chi connectivity index (χ1n) is 10.2. The van der Waals surface area contributed by atoms with Gasteiger partial charge in [-0.25, -0.2) is 17.8 Å². The molecule has 2 heterocycles. The Morgan fingerprint density at radius 2 is 1.88 bits per heavy atom. The maximum atomic E-state index is 13.4. The molecule has 0 aliphatic carbocycles. The number of imidazole rings is 1. The minimum atomic E-state index is -3.76. The van der Waals surface area contributed by atoms with Gasteiger partial charge in [0.05, 0.1) is 19.0 Å². The van der Waals surface area contributed by atoms with Crippen LogP contribution in [0.3, 0.4) is 0 Å². The molecule has 170 valence electrons. The molecule has 2 aromatic carbocycles. The molecule has 32 heavy (non-hydrogen) atoms. The van der Waals surface area contributed by atoms with E-state index in [1.54, 1.807) is 35.9 Å². The molecule has 4 rings (SSSR count). The van der Waals surface area contributed by atoms with Crippen LogP contribution in [0.5, 0.6) is 0 Å². The fourth-order valence-corrected chi connectivity index (χ4v) is 5.33. The van der Waals surface area contributed by atoms with Gasteiger partial charge < -0.3 is 14.6 Å². The second-order valence-electron chi connectivity index (χ2n) is 7.70. The van der Waals surface area contributed by atoms with Gasteiger partial charge in [0, 0.05) is 49.5 Å². The Morgan fingerprint density at radius 3 is 2.53 bits per heavy atom. The molecule has 0 spiro atoms. The Kier molecular flexibility index (Phi) is 6.80. The molecule has 0 unspecified atom stereocenters. The van der Waals surface area contributed by atoms with Crippen molar-refractivity contribution in [1.82, 2.24) is 13.9 Å². The van der Waals surface area contributed by atoms with Gasteiger partial charge in [0.2, 0.25) is 0 Å². The van der Waals surface area contributed by atoms with Crippen molar-refractivity contribution in [3.05, 3.63) is 77.5 Å². The smallest absolute Gasteiger partial charge is 0.262 e. The summed E-state index contributed by atoms with van der Waals surface area (Å²) in [5, 5.41) is 3.91. The molecule has 0 bridgehead atoms. The Morgan fingerprint density at radius 1 is 1.16 bits per heavy atom. The van der Waals surface area contributed by atoms with Gasteiger partial charge in [-0.15, -0.1) is 0 Å². The predicted molar refractivity (Wildman–Crippen MR) is 121 cm³/mol. The SMILES string of the molecule is Cn1cnc(S(=O)(=O)N2C[C@H](OCCNc3ccc(Cl)cc3)[C@@H](c3ccc(F)cc3)C2)c1. The number of hydrogen-bond acceptors (Lipinski definition) is 5. The fraction of sp³-hybridized carbons (Fsp3) is 0.318. The van der Waals surface area contributed by atoms with Crippen LogP contribution in [0, 0.1) is 5.82 Å². The van der Waals surface area contributed by atoms with Crippen molar-refractivity contribution in [2.45, 2.75) is 17.0 Å². The van der Waals surface area contributed by atoms with Gasteiger partial charge in [0.15, 0.2) is 5.03 Å². The first kappa shape index (κ1) is 22.7. The zero-order valence-electron chi connectivity index (χ0n) is 17.5. The largest absolute Gasteiger partial charge is 0.383 e. The second-order valence-corrected chi connectivity index (χ2v) is 10.0. The quantitative estimate of drug-likeness (QED) is 0.501. The summed E-state index contributed by atoms with van der Waals surface area (Å²) in [5.74, 6) is -0.557. The van der Waals surface area contributed by atoms with Crippen LogP contribution in [-0.2, 0) is 21.8 Å². The fourth-order valence-electron chi connectivity index (χ4n) is 3.76.